The number of hydrogen-bond acceptors (Lipinski definition) is 8. The Labute approximate surface area is 203 Å². The first-order valence-electron chi connectivity index (χ1n) is 10.2. The number of esters is 1. The molecule has 0 bridgehead atoms. The van der Waals surface area contributed by atoms with E-state index < -0.39 is 5.97 Å². The smallest absolute Gasteiger partial charge is 0.341 e. The van der Waals surface area contributed by atoms with Crippen LogP contribution in [0.15, 0.2) is 52.3 Å². The predicted octanol–water partition coefficient (Wildman–Crippen LogP) is 5.35. The molecule has 1 aromatic carbocycles. The summed E-state index contributed by atoms with van der Waals surface area (Å²) in [6.07, 6.45) is 0.979. The molecule has 1 N–H and O–H groups in total. The van der Waals surface area contributed by atoms with E-state index in [0.717, 1.165) is 28.9 Å². The third-order valence-corrected chi connectivity index (χ3v) is 7.94. The molecule has 3 heterocycles. The maximum Gasteiger partial charge on any atom is 0.341 e. The van der Waals surface area contributed by atoms with E-state index in [1.165, 1.54) is 35.1 Å². The minimum absolute atomic E-state index is 0.134. The van der Waals surface area contributed by atoms with Crippen LogP contribution in [0.5, 0.6) is 0 Å². The molecule has 0 unspecified atom stereocenters. The fourth-order valence-corrected chi connectivity index (χ4v) is 5.75. The number of methoxy groups -OCH3 is 1. The Morgan fingerprint density at radius 1 is 1.12 bits per heavy atom. The zero-order valence-electron chi connectivity index (χ0n) is 18.3. The number of aryl methyl sites for hydroxylation is 1. The van der Waals surface area contributed by atoms with Crippen LogP contribution in [0.25, 0.3) is 22.5 Å². The van der Waals surface area contributed by atoms with Crippen LogP contribution in [-0.2, 0) is 23.0 Å². The van der Waals surface area contributed by atoms with Crippen molar-refractivity contribution in [2.45, 2.75) is 18.5 Å². The molecule has 4 aromatic rings. The standard InChI is InChI=1S/C23H22N4O3S3/c1-4-16-10-15(11-31-16)20-25-26-23(27(20)2)33-13-18(28)24-21-19(22(29)30-3)17(12-32-21)14-8-6-5-7-9-14/h5-12H,4,13H2,1-3H3,(H,24,28). The van der Waals surface area contributed by atoms with Crippen LogP contribution >= 0.6 is 34.4 Å². The Morgan fingerprint density at radius 3 is 2.61 bits per heavy atom. The molecule has 0 saturated heterocycles. The van der Waals surface area contributed by atoms with Gasteiger partial charge in [0.2, 0.25) is 5.91 Å². The van der Waals surface area contributed by atoms with E-state index in [1.54, 1.807) is 11.3 Å². The number of thiophene rings is 2. The van der Waals surface area contributed by atoms with E-state index >= 15 is 0 Å². The molecule has 7 nitrogen and oxygen atoms in total. The summed E-state index contributed by atoms with van der Waals surface area (Å²) < 4.78 is 6.86. The molecule has 0 radical (unpaired) electrons. The molecule has 0 spiro atoms. The highest BCUT2D eigenvalue weighted by molar-refractivity contribution is 7.99. The molecule has 4 rings (SSSR count). The monoisotopic (exact) mass is 498 g/mol. The second-order valence-corrected chi connectivity index (χ2v) is 9.89. The third kappa shape index (κ3) is 5.02. The Bertz CT molecular complexity index is 1280. The van der Waals surface area contributed by atoms with Crippen molar-refractivity contribution in [3.8, 4) is 22.5 Å². The van der Waals surface area contributed by atoms with E-state index in [2.05, 4.69) is 33.9 Å². The van der Waals surface area contributed by atoms with Crippen molar-refractivity contribution in [3.63, 3.8) is 0 Å². The lowest BCUT2D eigenvalue weighted by molar-refractivity contribution is -0.113. The number of benzene rings is 1. The van der Waals surface area contributed by atoms with Gasteiger partial charge in [-0.25, -0.2) is 4.79 Å². The van der Waals surface area contributed by atoms with Gasteiger partial charge >= 0.3 is 5.97 Å². The van der Waals surface area contributed by atoms with Gasteiger partial charge in [-0.3, -0.25) is 4.79 Å². The number of carbonyl (C=O) groups is 2. The van der Waals surface area contributed by atoms with Gasteiger partial charge in [-0.15, -0.1) is 32.9 Å². The molecule has 3 aromatic heterocycles. The van der Waals surface area contributed by atoms with Crippen LogP contribution in [0.3, 0.4) is 0 Å². The third-order valence-electron chi connectivity index (χ3n) is 4.95. The molecule has 0 saturated carbocycles. The highest BCUT2D eigenvalue weighted by Crippen LogP contribution is 2.36. The number of thioether (sulfide) groups is 1. The normalized spacial score (nSPS) is 10.9. The molecule has 0 atom stereocenters. The Kier molecular flexibility index (Phi) is 7.26. The van der Waals surface area contributed by atoms with Gasteiger partial charge < -0.3 is 14.6 Å². The van der Waals surface area contributed by atoms with Gasteiger partial charge in [-0.2, -0.15) is 0 Å². The van der Waals surface area contributed by atoms with Gasteiger partial charge in [0.1, 0.15) is 10.6 Å². The summed E-state index contributed by atoms with van der Waals surface area (Å²) in [7, 11) is 3.22. The lowest BCUT2D eigenvalue weighted by Crippen LogP contribution is -2.16. The first-order valence-corrected chi connectivity index (χ1v) is 12.9. The Hall–Kier alpha value is -2.95. The largest absolute Gasteiger partial charge is 0.465 e. The average molecular weight is 499 g/mol. The molecule has 10 heteroatoms. The van der Waals surface area contributed by atoms with Crippen molar-refractivity contribution in [3.05, 3.63) is 57.6 Å². The SMILES string of the molecule is CCc1cc(-c2nnc(SCC(=O)Nc3scc(-c4ccccc4)c3C(=O)OC)n2C)cs1. The van der Waals surface area contributed by atoms with Crippen LogP contribution in [0.1, 0.15) is 22.2 Å². The number of nitrogens with one attached hydrogen (secondary N) is 1. The van der Waals surface area contributed by atoms with Crippen molar-refractivity contribution >= 4 is 51.3 Å². The second-order valence-electron chi connectivity index (χ2n) is 7.07. The van der Waals surface area contributed by atoms with Crippen LogP contribution in [0.4, 0.5) is 5.00 Å². The van der Waals surface area contributed by atoms with Gasteiger partial charge in [0, 0.05) is 33.8 Å². The van der Waals surface area contributed by atoms with E-state index in [1.807, 2.05) is 47.3 Å². The van der Waals surface area contributed by atoms with Gasteiger partial charge in [-0.05, 0) is 18.1 Å². The number of carbonyl (C=O) groups excluding carboxylic acids is 2. The first kappa shape index (κ1) is 23.2. The maximum atomic E-state index is 12.7. The second kappa shape index (κ2) is 10.3. The minimum Gasteiger partial charge on any atom is -0.465 e. The van der Waals surface area contributed by atoms with Crippen LogP contribution in [-0.4, -0.2) is 39.5 Å². The van der Waals surface area contributed by atoms with Crippen molar-refractivity contribution in [2.75, 3.05) is 18.2 Å². The molecule has 0 fully saturated rings. The molecular weight excluding hydrogens is 476 g/mol. The van der Waals surface area contributed by atoms with E-state index in [9.17, 15) is 9.59 Å². The summed E-state index contributed by atoms with van der Waals surface area (Å²) in [4.78, 5) is 26.4. The molecule has 33 heavy (non-hydrogen) atoms. The molecule has 1 amide bonds. The number of aromatic nitrogens is 3. The minimum atomic E-state index is -0.488. The fraction of sp³-hybridized carbons (Fsp3) is 0.217. The van der Waals surface area contributed by atoms with Crippen LogP contribution < -0.4 is 5.32 Å². The lowest BCUT2D eigenvalue weighted by Gasteiger charge is -2.08. The maximum absolute atomic E-state index is 12.7. The van der Waals surface area contributed by atoms with E-state index in [0.29, 0.717) is 15.7 Å². The molecule has 0 aliphatic heterocycles. The first-order chi connectivity index (χ1) is 16.0. The van der Waals surface area contributed by atoms with Gasteiger partial charge in [0.15, 0.2) is 11.0 Å². The lowest BCUT2D eigenvalue weighted by atomic mass is 10.0. The number of amides is 1. The molecule has 0 aliphatic carbocycles. The summed E-state index contributed by atoms with van der Waals surface area (Å²) >= 11 is 4.29. The molecule has 170 valence electrons. The van der Waals surface area contributed by atoms with Crippen molar-refractivity contribution in [2.24, 2.45) is 7.05 Å². The van der Waals surface area contributed by atoms with Gasteiger partial charge in [0.05, 0.1) is 12.9 Å². The number of hydrogen-bond donors (Lipinski definition) is 1. The summed E-state index contributed by atoms with van der Waals surface area (Å²) in [5.41, 5.74) is 3.00. The molecular formula is C23H22N4O3S3. The quantitative estimate of drug-likeness (QED) is 0.260. The topological polar surface area (TPSA) is 86.1 Å². The fourth-order valence-electron chi connectivity index (χ4n) is 3.25. The zero-order chi connectivity index (χ0) is 23.4. The van der Waals surface area contributed by atoms with Crippen molar-refractivity contribution < 1.29 is 14.3 Å². The summed E-state index contributed by atoms with van der Waals surface area (Å²) in [6.45, 7) is 2.12. The van der Waals surface area contributed by atoms with Crippen LogP contribution in [0, 0.1) is 0 Å². The number of ether oxygens (including phenoxy) is 1. The van der Waals surface area contributed by atoms with E-state index in [4.69, 9.17) is 4.74 Å². The Morgan fingerprint density at radius 2 is 1.91 bits per heavy atom. The highest BCUT2D eigenvalue weighted by Gasteiger charge is 2.22. The summed E-state index contributed by atoms with van der Waals surface area (Å²) in [5.74, 6) is 0.181. The number of anilines is 1. The Balaban J connectivity index is 1.47. The summed E-state index contributed by atoms with van der Waals surface area (Å²) in [5, 5.41) is 16.4. The van der Waals surface area contributed by atoms with E-state index in [-0.39, 0.29) is 11.7 Å². The number of nitrogens with zero attached hydrogens (tertiary/aromatic N) is 3. The number of rotatable bonds is 8. The highest BCUT2D eigenvalue weighted by atomic mass is 32.2. The predicted molar refractivity (Wildman–Crippen MR) is 134 cm³/mol. The molecule has 0 aliphatic rings. The average Bonchev–Trinajstić information content (AvgIpc) is 3.56. The van der Waals surface area contributed by atoms with Gasteiger partial charge in [-0.1, -0.05) is 49.0 Å². The van der Waals surface area contributed by atoms with Crippen LogP contribution in [0.2, 0.25) is 0 Å². The van der Waals surface area contributed by atoms with Gasteiger partial charge in [0.25, 0.3) is 0 Å². The zero-order valence-corrected chi connectivity index (χ0v) is 20.8. The van der Waals surface area contributed by atoms with Crippen molar-refractivity contribution in [1.82, 2.24) is 14.8 Å². The van der Waals surface area contributed by atoms with Crippen molar-refractivity contribution in [1.29, 1.82) is 0 Å². The summed E-state index contributed by atoms with van der Waals surface area (Å²) in [6, 6.07) is 11.7.